The van der Waals surface area contributed by atoms with E-state index >= 15 is 0 Å². The number of hydrogen-bond acceptors (Lipinski definition) is 5. The third kappa shape index (κ3) is 5.79. The van der Waals surface area contributed by atoms with Gasteiger partial charge >= 0.3 is 6.18 Å². The average Bonchev–Trinajstić information content (AvgIpc) is 3.51. The van der Waals surface area contributed by atoms with Gasteiger partial charge in [-0.3, -0.25) is 15.3 Å². The number of aromatic amines is 1. The number of carbonyl (C=O) groups is 1. The molecular weight excluding hydrogens is 483 g/mol. The van der Waals surface area contributed by atoms with Gasteiger partial charge in [-0.05, 0) is 48.0 Å². The van der Waals surface area contributed by atoms with Gasteiger partial charge in [0.2, 0.25) is 0 Å². The van der Waals surface area contributed by atoms with Gasteiger partial charge < -0.3 is 15.1 Å². The molecule has 0 saturated carbocycles. The molecule has 4 aromatic rings. The van der Waals surface area contributed by atoms with Crippen molar-refractivity contribution >= 4 is 40.4 Å². The van der Waals surface area contributed by atoms with Crippen molar-refractivity contribution < 1.29 is 22.4 Å². The van der Waals surface area contributed by atoms with Crippen molar-refractivity contribution in [3.63, 3.8) is 0 Å². The number of furan rings is 1. The van der Waals surface area contributed by atoms with Crippen molar-refractivity contribution in [3.8, 4) is 11.5 Å². The number of alkyl halides is 3. The Balaban J connectivity index is 1.54. The maximum Gasteiger partial charge on any atom is 0.432 e. The maximum absolute atomic E-state index is 13.0. The lowest BCUT2D eigenvalue weighted by molar-refractivity contribution is -0.0583. The highest BCUT2D eigenvalue weighted by Gasteiger charge is 2.33. The number of allylic oxidation sites excluding steroid dienone is 1. The van der Waals surface area contributed by atoms with Gasteiger partial charge in [0.25, 0.3) is 5.91 Å². The number of benzene rings is 2. The van der Waals surface area contributed by atoms with Gasteiger partial charge in [-0.15, -0.1) is 0 Å². The number of H-pyrrole nitrogens is 1. The minimum Gasteiger partial charge on any atom is -0.463 e. The molecule has 0 radical (unpaired) electrons. The normalized spacial score (nSPS) is 11.8. The summed E-state index contributed by atoms with van der Waals surface area (Å²) in [4.78, 5) is 12.6. The van der Waals surface area contributed by atoms with Crippen molar-refractivity contribution in [2.45, 2.75) is 6.18 Å². The van der Waals surface area contributed by atoms with Crippen molar-refractivity contribution in [1.29, 1.82) is 5.41 Å². The number of anilines is 2. The molecule has 2 aromatic carbocycles. The Labute approximate surface area is 202 Å². The van der Waals surface area contributed by atoms with E-state index in [0.717, 1.165) is 0 Å². The lowest BCUT2D eigenvalue weighted by Gasteiger charge is -2.15. The summed E-state index contributed by atoms with van der Waals surface area (Å²) in [5.41, 5.74) is -0.0477. The first kappa shape index (κ1) is 23.8. The van der Waals surface area contributed by atoms with E-state index in [0.29, 0.717) is 33.8 Å². The Hall–Kier alpha value is -4.31. The molecule has 2 heterocycles. The highest BCUT2D eigenvalue weighted by molar-refractivity contribution is 6.33. The fourth-order valence-electron chi connectivity index (χ4n) is 3.06. The number of halogens is 4. The van der Waals surface area contributed by atoms with Crippen LogP contribution in [0.2, 0.25) is 5.02 Å². The Morgan fingerprint density at radius 3 is 2.40 bits per heavy atom. The first-order chi connectivity index (χ1) is 16.7. The molecule has 7 nitrogen and oxygen atoms in total. The average molecular weight is 500 g/mol. The molecular formula is C24H17ClF3N5O2. The van der Waals surface area contributed by atoms with Crippen LogP contribution in [0.5, 0.6) is 0 Å². The van der Waals surface area contributed by atoms with Crippen LogP contribution in [-0.2, 0) is 0 Å². The fraction of sp³-hybridized carbons (Fsp3) is 0.0417. The molecule has 4 rings (SSSR count). The molecule has 35 heavy (non-hydrogen) atoms. The minimum atomic E-state index is -4.83. The summed E-state index contributed by atoms with van der Waals surface area (Å²) in [6, 6.07) is 17.4. The quantitative estimate of drug-likeness (QED) is 0.215. The first-order valence-corrected chi connectivity index (χ1v) is 10.5. The number of rotatable bonds is 7. The number of nitrogens with zero attached hydrogens (tertiary/aromatic N) is 1. The zero-order valence-electron chi connectivity index (χ0n) is 17.8. The van der Waals surface area contributed by atoms with Gasteiger partial charge in [-0.1, -0.05) is 35.9 Å². The second-order valence-electron chi connectivity index (χ2n) is 7.25. The number of hydrogen-bond donors (Lipinski definition) is 4. The minimum absolute atomic E-state index is 0.0113. The summed E-state index contributed by atoms with van der Waals surface area (Å²) in [5.74, 6) is 0.351. The SMILES string of the molecule is N=C(/C=C(\Nc1ccccc1Cl)c1ccc(C(=O)Nc2cc(-c3ccco3)[nH]n2)cc1)C(F)(F)F. The fourth-order valence-corrected chi connectivity index (χ4v) is 3.24. The van der Waals surface area contributed by atoms with Crippen LogP contribution < -0.4 is 10.6 Å². The van der Waals surface area contributed by atoms with E-state index in [-0.39, 0.29) is 17.1 Å². The smallest absolute Gasteiger partial charge is 0.432 e. The van der Waals surface area contributed by atoms with Crippen molar-refractivity contribution in [2.24, 2.45) is 0 Å². The second-order valence-corrected chi connectivity index (χ2v) is 7.66. The van der Waals surface area contributed by atoms with Gasteiger partial charge in [-0.25, -0.2) is 0 Å². The Morgan fingerprint density at radius 1 is 1.03 bits per heavy atom. The number of amides is 1. The van der Waals surface area contributed by atoms with E-state index in [1.54, 1.807) is 42.5 Å². The largest absolute Gasteiger partial charge is 0.463 e. The lowest BCUT2D eigenvalue weighted by atomic mass is 10.1. The predicted molar refractivity (Wildman–Crippen MR) is 128 cm³/mol. The summed E-state index contributed by atoms with van der Waals surface area (Å²) >= 11 is 6.13. The van der Waals surface area contributed by atoms with Crippen LogP contribution in [0.15, 0.2) is 83.5 Å². The molecule has 0 aliphatic carbocycles. The zero-order chi connectivity index (χ0) is 25.0. The molecule has 11 heteroatoms. The molecule has 0 atom stereocenters. The molecule has 0 aliphatic rings. The van der Waals surface area contributed by atoms with Crippen LogP contribution >= 0.6 is 11.6 Å². The van der Waals surface area contributed by atoms with E-state index in [2.05, 4.69) is 20.8 Å². The summed E-state index contributed by atoms with van der Waals surface area (Å²) in [5, 5.41) is 19.9. The van der Waals surface area contributed by atoms with Crippen LogP contribution in [0, 0.1) is 5.41 Å². The van der Waals surface area contributed by atoms with Gasteiger partial charge in [0.05, 0.1) is 17.0 Å². The lowest BCUT2D eigenvalue weighted by Crippen LogP contribution is -2.20. The third-order valence-electron chi connectivity index (χ3n) is 4.80. The van der Waals surface area contributed by atoms with E-state index in [1.165, 1.54) is 30.5 Å². The van der Waals surface area contributed by atoms with Crippen LogP contribution in [0.3, 0.4) is 0 Å². The number of nitrogens with one attached hydrogen (secondary N) is 4. The van der Waals surface area contributed by atoms with Crippen molar-refractivity contribution in [1.82, 2.24) is 10.2 Å². The molecule has 178 valence electrons. The van der Waals surface area contributed by atoms with Gasteiger partial charge in [0, 0.05) is 17.3 Å². The van der Waals surface area contributed by atoms with Gasteiger partial charge in [0.15, 0.2) is 11.6 Å². The van der Waals surface area contributed by atoms with Crippen LogP contribution in [0.25, 0.3) is 17.2 Å². The van der Waals surface area contributed by atoms with Gasteiger partial charge in [0.1, 0.15) is 11.4 Å². The molecule has 1 amide bonds. The molecule has 0 fully saturated rings. The van der Waals surface area contributed by atoms with Crippen molar-refractivity contribution in [3.05, 3.63) is 95.2 Å². The number of aromatic nitrogens is 2. The highest BCUT2D eigenvalue weighted by atomic mass is 35.5. The predicted octanol–water partition coefficient (Wildman–Crippen LogP) is 6.61. The van der Waals surface area contributed by atoms with E-state index in [4.69, 9.17) is 21.4 Å². The van der Waals surface area contributed by atoms with Crippen LogP contribution in [0.1, 0.15) is 15.9 Å². The molecule has 0 unspecified atom stereocenters. The van der Waals surface area contributed by atoms with Crippen LogP contribution in [0.4, 0.5) is 24.7 Å². The van der Waals surface area contributed by atoms with E-state index in [9.17, 15) is 18.0 Å². The van der Waals surface area contributed by atoms with Gasteiger partial charge in [-0.2, -0.15) is 18.3 Å². The second kappa shape index (κ2) is 9.90. The molecule has 2 aromatic heterocycles. The summed E-state index contributed by atoms with van der Waals surface area (Å²) in [6.45, 7) is 0. The van der Waals surface area contributed by atoms with E-state index < -0.39 is 17.8 Å². The van der Waals surface area contributed by atoms with Crippen LogP contribution in [-0.4, -0.2) is 28.0 Å². The standard InChI is InChI=1S/C24H17ClF3N5O2/c25-16-4-1-2-5-17(16)30-18(12-21(29)24(26,27)28)14-7-9-15(10-8-14)23(34)31-22-13-19(32-33-22)20-6-3-11-35-20/h1-13,29-30H,(H2,31,32,33,34)/b18-12-,29-21?. The molecule has 0 spiro atoms. The number of para-hydroxylation sites is 1. The summed E-state index contributed by atoms with van der Waals surface area (Å²) < 4.78 is 44.3. The molecule has 0 aliphatic heterocycles. The van der Waals surface area contributed by atoms with Crippen molar-refractivity contribution in [2.75, 3.05) is 10.6 Å². The molecule has 0 saturated heterocycles. The monoisotopic (exact) mass is 499 g/mol. The Bertz CT molecular complexity index is 1380. The summed E-state index contributed by atoms with van der Waals surface area (Å²) in [7, 11) is 0. The summed E-state index contributed by atoms with van der Waals surface area (Å²) in [6.07, 6.45) is -2.65. The Morgan fingerprint density at radius 2 is 1.74 bits per heavy atom. The third-order valence-corrected chi connectivity index (χ3v) is 5.13. The Kier molecular flexibility index (Phi) is 6.74. The first-order valence-electron chi connectivity index (χ1n) is 10.1. The molecule has 0 bridgehead atoms. The zero-order valence-corrected chi connectivity index (χ0v) is 18.5. The van der Waals surface area contributed by atoms with E-state index in [1.807, 2.05) is 0 Å². The topological polar surface area (TPSA) is 107 Å². The molecule has 4 N–H and O–H groups in total. The highest BCUT2D eigenvalue weighted by Crippen LogP contribution is 2.28. The number of carbonyl (C=O) groups excluding carboxylic acids is 1. The maximum atomic E-state index is 13.0.